The Morgan fingerprint density at radius 2 is 1.94 bits per heavy atom. The van der Waals surface area contributed by atoms with E-state index in [1.165, 1.54) is 0 Å². The Kier molecular flexibility index (Phi) is 3.75. The van der Waals surface area contributed by atoms with Gasteiger partial charge in [0.2, 0.25) is 5.91 Å². The van der Waals surface area contributed by atoms with Crippen molar-refractivity contribution in [3.8, 4) is 0 Å². The molecule has 0 saturated heterocycles. The van der Waals surface area contributed by atoms with E-state index < -0.39 is 5.97 Å². The van der Waals surface area contributed by atoms with E-state index >= 15 is 0 Å². The standard InChI is InChI=1S/C13H15NO3/c15-12(8-14-13(16)11-6-7-11)17-9-10-4-2-1-3-5-10/h1-5,11H,6-9H2,(H,14,16). The van der Waals surface area contributed by atoms with Gasteiger partial charge in [0.1, 0.15) is 13.2 Å². The average molecular weight is 233 g/mol. The van der Waals surface area contributed by atoms with Gasteiger partial charge in [0, 0.05) is 5.92 Å². The molecule has 4 nitrogen and oxygen atoms in total. The normalized spacial score (nSPS) is 14.1. The third-order valence-corrected chi connectivity index (χ3v) is 2.60. The molecule has 1 aliphatic carbocycles. The van der Waals surface area contributed by atoms with Crippen molar-refractivity contribution in [2.45, 2.75) is 19.4 Å². The predicted molar refractivity (Wildman–Crippen MR) is 62.0 cm³/mol. The molecule has 90 valence electrons. The van der Waals surface area contributed by atoms with Crippen LogP contribution in [-0.4, -0.2) is 18.4 Å². The van der Waals surface area contributed by atoms with E-state index in [0.29, 0.717) is 0 Å². The van der Waals surface area contributed by atoms with E-state index in [-0.39, 0.29) is 25.0 Å². The number of hydrogen-bond acceptors (Lipinski definition) is 3. The molecule has 4 heteroatoms. The first-order valence-corrected chi connectivity index (χ1v) is 5.73. The van der Waals surface area contributed by atoms with E-state index in [9.17, 15) is 9.59 Å². The number of hydrogen-bond donors (Lipinski definition) is 1. The van der Waals surface area contributed by atoms with Crippen molar-refractivity contribution >= 4 is 11.9 Å². The molecule has 1 aromatic rings. The van der Waals surface area contributed by atoms with Gasteiger partial charge in [-0.1, -0.05) is 30.3 Å². The third-order valence-electron chi connectivity index (χ3n) is 2.60. The van der Waals surface area contributed by atoms with Gasteiger partial charge < -0.3 is 10.1 Å². The highest BCUT2D eigenvalue weighted by Crippen LogP contribution is 2.28. The summed E-state index contributed by atoms with van der Waals surface area (Å²) in [6.07, 6.45) is 1.87. The van der Waals surface area contributed by atoms with Crippen LogP contribution in [0.5, 0.6) is 0 Å². The molecule has 1 saturated carbocycles. The topological polar surface area (TPSA) is 55.4 Å². The van der Waals surface area contributed by atoms with Gasteiger partial charge in [0.15, 0.2) is 0 Å². The highest BCUT2D eigenvalue weighted by Gasteiger charge is 2.29. The van der Waals surface area contributed by atoms with E-state index in [1.54, 1.807) is 0 Å². The monoisotopic (exact) mass is 233 g/mol. The van der Waals surface area contributed by atoms with Gasteiger partial charge in [0.05, 0.1) is 0 Å². The second kappa shape index (κ2) is 5.48. The van der Waals surface area contributed by atoms with Crippen LogP contribution in [0.1, 0.15) is 18.4 Å². The van der Waals surface area contributed by atoms with Crippen molar-refractivity contribution in [1.29, 1.82) is 0 Å². The maximum atomic E-state index is 11.3. The first-order valence-electron chi connectivity index (χ1n) is 5.73. The molecule has 0 unspecified atom stereocenters. The lowest BCUT2D eigenvalue weighted by Crippen LogP contribution is -2.31. The van der Waals surface area contributed by atoms with Crippen LogP contribution in [0.15, 0.2) is 30.3 Å². The highest BCUT2D eigenvalue weighted by atomic mass is 16.5. The molecular weight excluding hydrogens is 218 g/mol. The summed E-state index contributed by atoms with van der Waals surface area (Å²) in [7, 11) is 0. The fourth-order valence-corrected chi connectivity index (χ4v) is 1.44. The smallest absolute Gasteiger partial charge is 0.325 e. The van der Waals surface area contributed by atoms with Crippen LogP contribution in [0.2, 0.25) is 0 Å². The van der Waals surface area contributed by atoms with Crippen molar-refractivity contribution in [3.05, 3.63) is 35.9 Å². The van der Waals surface area contributed by atoms with Crippen LogP contribution in [0.4, 0.5) is 0 Å². The lowest BCUT2D eigenvalue weighted by atomic mass is 10.2. The van der Waals surface area contributed by atoms with Crippen molar-refractivity contribution in [1.82, 2.24) is 5.32 Å². The van der Waals surface area contributed by atoms with Crippen LogP contribution in [0.25, 0.3) is 0 Å². The average Bonchev–Trinajstić information content (AvgIpc) is 3.19. The molecule has 0 radical (unpaired) electrons. The predicted octanol–water partition coefficient (Wildman–Crippen LogP) is 1.26. The highest BCUT2D eigenvalue weighted by molar-refractivity contribution is 5.84. The SMILES string of the molecule is O=C(CNC(=O)C1CC1)OCc1ccccc1. The summed E-state index contributed by atoms with van der Waals surface area (Å²) in [5, 5.41) is 2.57. The maximum absolute atomic E-state index is 11.3. The van der Waals surface area contributed by atoms with Gasteiger partial charge in [-0.05, 0) is 18.4 Å². The molecule has 1 fully saturated rings. The summed E-state index contributed by atoms with van der Waals surface area (Å²) in [4.78, 5) is 22.6. The van der Waals surface area contributed by atoms with Crippen LogP contribution in [0.3, 0.4) is 0 Å². The summed E-state index contributed by atoms with van der Waals surface area (Å²) in [6.45, 7) is 0.209. The van der Waals surface area contributed by atoms with Gasteiger partial charge >= 0.3 is 5.97 Å². The quantitative estimate of drug-likeness (QED) is 0.779. The number of ether oxygens (including phenoxy) is 1. The maximum Gasteiger partial charge on any atom is 0.325 e. The third kappa shape index (κ3) is 3.90. The Bertz CT molecular complexity index is 398. The summed E-state index contributed by atoms with van der Waals surface area (Å²) >= 11 is 0. The van der Waals surface area contributed by atoms with Crippen molar-refractivity contribution < 1.29 is 14.3 Å². The van der Waals surface area contributed by atoms with Crippen molar-refractivity contribution in [2.75, 3.05) is 6.54 Å². The zero-order valence-corrected chi connectivity index (χ0v) is 9.52. The first kappa shape index (κ1) is 11.6. The summed E-state index contributed by atoms with van der Waals surface area (Å²) in [5.41, 5.74) is 0.939. The molecule has 1 N–H and O–H groups in total. The summed E-state index contributed by atoms with van der Waals surface area (Å²) < 4.78 is 5.02. The van der Waals surface area contributed by atoms with E-state index in [1.807, 2.05) is 30.3 Å². The van der Waals surface area contributed by atoms with E-state index in [0.717, 1.165) is 18.4 Å². The van der Waals surface area contributed by atoms with E-state index in [2.05, 4.69) is 5.32 Å². The number of carbonyl (C=O) groups is 2. The Hall–Kier alpha value is -1.84. The molecule has 0 atom stereocenters. The Morgan fingerprint density at radius 1 is 1.24 bits per heavy atom. The fraction of sp³-hybridized carbons (Fsp3) is 0.385. The fourth-order valence-electron chi connectivity index (χ4n) is 1.44. The second-order valence-electron chi connectivity index (χ2n) is 4.14. The van der Waals surface area contributed by atoms with Crippen LogP contribution >= 0.6 is 0 Å². The number of amides is 1. The molecule has 2 rings (SSSR count). The Balaban J connectivity index is 1.65. The largest absolute Gasteiger partial charge is 0.460 e. The molecule has 0 aliphatic heterocycles. The number of rotatable bonds is 5. The second-order valence-corrected chi connectivity index (χ2v) is 4.14. The minimum absolute atomic E-state index is 0.0395. The molecule has 0 aromatic heterocycles. The van der Waals surface area contributed by atoms with Crippen LogP contribution < -0.4 is 5.32 Å². The van der Waals surface area contributed by atoms with Crippen molar-refractivity contribution in [2.24, 2.45) is 5.92 Å². The molecule has 1 aromatic carbocycles. The molecule has 1 amide bonds. The van der Waals surface area contributed by atoms with Gasteiger partial charge in [-0.3, -0.25) is 9.59 Å². The number of nitrogens with one attached hydrogen (secondary N) is 1. The molecule has 1 aliphatic rings. The first-order chi connectivity index (χ1) is 8.25. The summed E-state index contributed by atoms with van der Waals surface area (Å²) in [6, 6.07) is 9.45. The number of esters is 1. The van der Waals surface area contributed by atoms with Crippen LogP contribution in [0, 0.1) is 5.92 Å². The van der Waals surface area contributed by atoms with E-state index in [4.69, 9.17) is 4.74 Å². The Labute approximate surface area is 100.0 Å². The van der Waals surface area contributed by atoms with Gasteiger partial charge in [-0.2, -0.15) is 0 Å². The molecular formula is C13H15NO3. The van der Waals surface area contributed by atoms with Gasteiger partial charge in [-0.15, -0.1) is 0 Å². The van der Waals surface area contributed by atoms with Gasteiger partial charge in [-0.25, -0.2) is 0 Å². The zero-order valence-electron chi connectivity index (χ0n) is 9.52. The molecule has 17 heavy (non-hydrogen) atoms. The number of benzene rings is 1. The number of carbonyl (C=O) groups excluding carboxylic acids is 2. The summed E-state index contributed by atoms with van der Waals surface area (Å²) in [5.74, 6) is -0.318. The molecule has 0 bridgehead atoms. The van der Waals surface area contributed by atoms with Crippen LogP contribution in [-0.2, 0) is 20.9 Å². The molecule has 0 spiro atoms. The zero-order chi connectivity index (χ0) is 12.1. The van der Waals surface area contributed by atoms with Crippen molar-refractivity contribution in [3.63, 3.8) is 0 Å². The Morgan fingerprint density at radius 3 is 2.59 bits per heavy atom. The minimum Gasteiger partial charge on any atom is -0.460 e. The lowest BCUT2D eigenvalue weighted by molar-refractivity contribution is -0.145. The molecule has 0 heterocycles. The minimum atomic E-state index is -0.400. The lowest BCUT2D eigenvalue weighted by Gasteiger charge is -2.05. The van der Waals surface area contributed by atoms with Gasteiger partial charge in [0.25, 0.3) is 0 Å².